The summed E-state index contributed by atoms with van der Waals surface area (Å²) in [6, 6.07) is 1.73. The number of hydrogen-bond acceptors (Lipinski definition) is 3. The van der Waals surface area contributed by atoms with Gasteiger partial charge in [-0.3, -0.25) is 14.6 Å². The number of amides is 1. The lowest BCUT2D eigenvalue weighted by atomic mass is 10.1. The molecule has 0 aromatic carbocycles. The molecule has 1 aromatic rings. The Balaban J connectivity index is 2.58. The fourth-order valence-corrected chi connectivity index (χ4v) is 1.51. The first kappa shape index (κ1) is 8.68. The highest BCUT2D eigenvalue weighted by Crippen LogP contribution is 2.32. The van der Waals surface area contributed by atoms with Crippen LogP contribution in [0.4, 0.5) is 5.69 Å². The molecule has 72 valence electrons. The molecule has 0 saturated heterocycles. The monoisotopic (exact) mass is 192 g/mol. The molecule has 0 aliphatic carbocycles. The lowest BCUT2D eigenvalue weighted by Gasteiger charge is -2.01. The number of aliphatic carboxylic acids is 1. The largest absolute Gasteiger partial charge is 0.480 e. The fraction of sp³-hybridized carbons (Fsp3) is 0.222. The van der Waals surface area contributed by atoms with Gasteiger partial charge in [0, 0.05) is 6.20 Å². The maximum atomic E-state index is 11.3. The van der Waals surface area contributed by atoms with Gasteiger partial charge in [-0.25, -0.2) is 0 Å². The van der Waals surface area contributed by atoms with Crippen molar-refractivity contribution >= 4 is 17.6 Å². The molecule has 5 heteroatoms. The number of carbonyl (C=O) groups is 2. The molecule has 1 atom stereocenters. The number of nitrogens with zero attached hydrogens (tertiary/aromatic N) is 1. The SMILES string of the molecule is Cc1ccnc2c1NC(=O)[C@H]2C(=O)O. The second kappa shape index (κ2) is 2.80. The van der Waals surface area contributed by atoms with Gasteiger partial charge in [0.15, 0.2) is 5.92 Å². The second-order valence-electron chi connectivity index (χ2n) is 3.15. The van der Waals surface area contributed by atoms with Crippen LogP contribution in [0.15, 0.2) is 12.3 Å². The minimum Gasteiger partial charge on any atom is -0.480 e. The molecule has 0 fully saturated rings. The van der Waals surface area contributed by atoms with Gasteiger partial charge in [-0.2, -0.15) is 0 Å². The summed E-state index contributed by atoms with van der Waals surface area (Å²) in [4.78, 5) is 26.0. The molecular formula is C9H8N2O3. The summed E-state index contributed by atoms with van der Waals surface area (Å²) >= 11 is 0. The highest BCUT2D eigenvalue weighted by Gasteiger charge is 2.38. The normalized spacial score (nSPS) is 18.9. The zero-order valence-corrected chi connectivity index (χ0v) is 7.44. The van der Waals surface area contributed by atoms with Gasteiger partial charge in [-0.05, 0) is 18.6 Å². The van der Waals surface area contributed by atoms with Crippen molar-refractivity contribution < 1.29 is 14.7 Å². The molecule has 1 aliphatic heterocycles. The molecule has 1 aliphatic rings. The zero-order valence-electron chi connectivity index (χ0n) is 7.44. The predicted molar refractivity (Wildman–Crippen MR) is 48.0 cm³/mol. The maximum Gasteiger partial charge on any atom is 0.322 e. The molecule has 1 amide bonds. The van der Waals surface area contributed by atoms with Crippen molar-refractivity contribution in [2.75, 3.05) is 5.32 Å². The van der Waals surface area contributed by atoms with Crippen LogP contribution in [0.25, 0.3) is 0 Å². The first-order valence-electron chi connectivity index (χ1n) is 4.10. The number of rotatable bonds is 1. The number of carbonyl (C=O) groups excluding carboxylic acids is 1. The van der Waals surface area contributed by atoms with Gasteiger partial charge < -0.3 is 10.4 Å². The number of aromatic nitrogens is 1. The quantitative estimate of drug-likeness (QED) is 0.635. The summed E-state index contributed by atoms with van der Waals surface area (Å²) in [6.45, 7) is 1.80. The third-order valence-corrected chi connectivity index (χ3v) is 2.22. The molecule has 2 heterocycles. The van der Waals surface area contributed by atoms with Crippen molar-refractivity contribution in [2.24, 2.45) is 0 Å². The molecule has 0 unspecified atom stereocenters. The molecule has 5 nitrogen and oxygen atoms in total. The number of nitrogens with one attached hydrogen (secondary N) is 1. The Morgan fingerprint density at radius 2 is 2.36 bits per heavy atom. The number of hydrogen-bond donors (Lipinski definition) is 2. The molecular weight excluding hydrogens is 184 g/mol. The zero-order chi connectivity index (χ0) is 10.3. The number of carboxylic acid groups (broad SMARTS) is 1. The van der Waals surface area contributed by atoms with Crippen LogP contribution < -0.4 is 5.32 Å². The van der Waals surface area contributed by atoms with Gasteiger partial charge in [0.2, 0.25) is 5.91 Å². The molecule has 0 spiro atoms. The van der Waals surface area contributed by atoms with Crippen LogP contribution in [0.3, 0.4) is 0 Å². The Bertz CT molecular complexity index is 428. The van der Waals surface area contributed by atoms with Crippen molar-refractivity contribution in [3.05, 3.63) is 23.5 Å². The smallest absolute Gasteiger partial charge is 0.322 e. The van der Waals surface area contributed by atoms with Gasteiger partial charge in [0.25, 0.3) is 0 Å². The van der Waals surface area contributed by atoms with Gasteiger partial charge in [0.1, 0.15) is 0 Å². The standard InChI is InChI=1S/C9H8N2O3/c1-4-2-3-10-7-5(9(13)14)8(12)11-6(4)7/h2-3,5H,1H3,(H,11,12)(H,13,14)/t5-/m0/s1. The third kappa shape index (κ3) is 1.06. The maximum absolute atomic E-state index is 11.3. The van der Waals surface area contributed by atoms with Crippen molar-refractivity contribution in [3.8, 4) is 0 Å². The highest BCUT2D eigenvalue weighted by molar-refractivity contribution is 6.14. The van der Waals surface area contributed by atoms with Crippen molar-refractivity contribution in [1.82, 2.24) is 4.98 Å². The van der Waals surface area contributed by atoms with Gasteiger partial charge >= 0.3 is 5.97 Å². The molecule has 2 N–H and O–H groups in total. The number of carboxylic acids is 1. The summed E-state index contributed by atoms with van der Waals surface area (Å²) < 4.78 is 0. The Hall–Kier alpha value is -1.91. The Labute approximate surface area is 79.8 Å². The summed E-state index contributed by atoms with van der Waals surface area (Å²) in [7, 11) is 0. The van der Waals surface area contributed by atoms with E-state index in [0.29, 0.717) is 11.4 Å². The van der Waals surface area contributed by atoms with Gasteiger partial charge in [-0.1, -0.05) is 0 Å². The van der Waals surface area contributed by atoms with Crippen LogP contribution in [0.5, 0.6) is 0 Å². The third-order valence-electron chi connectivity index (χ3n) is 2.22. The number of anilines is 1. The number of aryl methyl sites for hydroxylation is 1. The first-order chi connectivity index (χ1) is 6.61. The fourth-order valence-electron chi connectivity index (χ4n) is 1.51. The van der Waals surface area contributed by atoms with Crippen LogP contribution in [-0.2, 0) is 9.59 Å². The van der Waals surface area contributed by atoms with Crippen LogP contribution >= 0.6 is 0 Å². The Kier molecular flexibility index (Phi) is 1.73. The minimum atomic E-state index is -1.17. The van der Waals surface area contributed by atoms with E-state index in [1.807, 2.05) is 0 Å². The molecule has 2 rings (SSSR count). The summed E-state index contributed by atoms with van der Waals surface area (Å²) in [6.07, 6.45) is 1.50. The van der Waals surface area contributed by atoms with E-state index in [1.165, 1.54) is 6.20 Å². The van der Waals surface area contributed by atoms with E-state index >= 15 is 0 Å². The first-order valence-corrected chi connectivity index (χ1v) is 4.10. The van der Waals surface area contributed by atoms with Crippen molar-refractivity contribution in [3.63, 3.8) is 0 Å². The van der Waals surface area contributed by atoms with E-state index in [0.717, 1.165) is 5.56 Å². The minimum absolute atomic E-state index is 0.308. The van der Waals surface area contributed by atoms with E-state index < -0.39 is 17.8 Å². The summed E-state index contributed by atoms with van der Waals surface area (Å²) in [5.74, 6) is -2.85. The lowest BCUT2D eigenvalue weighted by molar-refractivity contribution is -0.141. The summed E-state index contributed by atoms with van der Waals surface area (Å²) in [5, 5.41) is 11.3. The topological polar surface area (TPSA) is 79.3 Å². The van der Waals surface area contributed by atoms with E-state index in [9.17, 15) is 9.59 Å². The average Bonchev–Trinajstić information content (AvgIpc) is 2.42. The molecule has 0 bridgehead atoms. The lowest BCUT2D eigenvalue weighted by Crippen LogP contribution is -2.20. The second-order valence-corrected chi connectivity index (χ2v) is 3.15. The number of fused-ring (bicyclic) bond motifs is 1. The van der Waals surface area contributed by atoms with E-state index in [4.69, 9.17) is 5.11 Å². The van der Waals surface area contributed by atoms with E-state index in [-0.39, 0.29) is 0 Å². The van der Waals surface area contributed by atoms with Crippen LogP contribution in [0.1, 0.15) is 17.2 Å². The number of pyridine rings is 1. The van der Waals surface area contributed by atoms with Crippen LogP contribution in [-0.4, -0.2) is 22.0 Å². The Morgan fingerprint density at radius 3 is 3.00 bits per heavy atom. The average molecular weight is 192 g/mol. The van der Waals surface area contributed by atoms with Crippen LogP contribution in [0, 0.1) is 6.92 Å². The predicted octanol–water partition coefficient (Wildman–Crippen LogP) is 0.510. The molecule has 0 radical (unpaired) electrons. The van der Waals surface area contributed by atoms with Crippen LogP contribution in [0.2, 0.25) is 0 Å². The van der Waals surface area contributed by atoms with Gasteiger partial charge in [0.05, 0.1) is 11.4 Å². The summed E-state index contributed by atoms with van der Waals surface area (Å²) in [5.41, 5.74) is 1.67. The van der Waals surface area contributed by atoms with Crippen molar-refractivity contribution in [1.29, 1.82) is 0 Å². The highest BCUT2D eigenvalue weighted by atomic mass is 16.4. The van der Waals surface area contributed by atoms with Gasteiger partial charge in [-0.15, -0.1) is 0 Å². The van der Waals surface area contributed by atoms with E-state index in [2.05, 4.69) is 10.3 Å². The van der Waals surface area contributed by atoms with Crippen molar-refractivity contribution in [2.45, 2.75) is 12.8 Å². The van der Waals surface area contributed by atoms with E-state index in [1.54, 1.807) is 13.0 Å². The molecule has 0 saturated carbocycles. The Morgan fingerprint density at radius 1 is 1.64 bits per heavy atom. The molecule has 14 heavy (non-hydrogen) atoms. The molecule has 1 aromatic heterocycles.